The molecule has 0 amide bonds. The summed E-state index contributed by atoms with van der Waals surface area (Å²) in [7, 11) is 0. The minimum atomic E-state index is -0.192. The molecule has 0 aliphatic carbocycles. The summed E-state index contributed by atoms with van der Waals surface area (Å²) in [5.74, 6) is 1.14. The van der Waals surface area contributed by atoms with Gasteiger partial charge in [0.2, 0.25) is 5.88 Å². The first-order valence-electron chi connectivity index (χ1n) is 6.12. The number of nitrogen functional groups attached to an aromatic ring is 1. The molecule has 0 aromatic carbocycles. The summed E-state index contributed by atoms with van der Waals surface area (Å²) in [6, 6.07) is 3.56. The normalized spacial score (nSPS) is 11.7. The number of nitrogens with zero attached hydrogens (tertiary/aromatic N) is 1. The Bertz CT molecular complexity index is 392. The van der Waals surface area contributed by atoms with Crippen molar-refractivity contribution in [2.45, 2.75) is 33.8 Å². The van der Waals surface area contributed by atoms with E-state index in [2.05, 4.69) is 10.3 Å². The molecule has 0 spiro atoms. The lowest BCUT2D eigenvalue weighted by molar-refractivity contribution is 0.170. The van der Waals surface area contributed by atoms with Gasteiger partial charge in [-0.2, -0.15) is 4.98 Å². The number of aliphatic hydroxyl groups excluding tert-OH is 1. The Kier molecular flexibility index (Phi) is 4.78. The van der Waals surface area contributed by atoms with Gasteiger partial charge in [0.1, 0.15) is 5.82 Å². The molecule has 1 aromatic rings. The summed E-state index contributed by atoms with van der Waals surface area (Å²) >= 11 is 0. The van der Waals surface area contributed by atoms with Gasteiger partial charge in [-0.1, -0.05) is 13.8 Å². The van der Waals surface area contributed by atoms with Gasteiger partial charge in [-0.25, -0.2) is 0 Å². The zero-order chi connectivity index (χ0) is 13.8. The first kappa shape index (κ1) is 14.6. The molecule has 1 aromatic heterocycles. The van der Waals surface area contributed by atoms with Crippen LogP contribution in [0.25, 0.3) is 0 Å². The number of ether oxygens (including phenoxy) is 1. The quantitative estimate of drug-likeness (QED) is 0.721. The highest BCUT2D eigenvalue weighted by Gasteiger charge is 2.16. The minimum Gasteiger partial charge on any atom is -0.473 e. The van der Waals surface area contributed by atoms with E-state index in [-0.39, 0.29) is 18.1 Å². The SMILES string of the molecule is CC(C)Oc1nc(NCC(C)(C)CO)ccc1N. The van der Waals surface area contributed by atoms with Crippen LogP contribution in [0.4, 0.5) is 11.5 Å². The standard InChI is InChI=1S/C13H23N3O2/c1-9(2)18-12-10(14)5-6-11(16-12)15-7-13(3,4)8-17/h5-6,9,17H,7-8,14H2,1-4H3,(H,15,16). The number of hydrogen-bond acceptors (Lipinski definition) is 5. The third kappa shape index (κ3) is 4.41. The van der Waals surface area contributed by atoms with Crippen molar-refractivity contribution in [3.05, 3.63) is 12.1 Å². The topological polar surface area (TPSA) is 80.4 Å². The number of rotatable bonds is 6. The number of anilines is 2. The van der Waals surface area contributed by atoms with Crippen LogP contribution >= 0.6 is 0 Å². The maximum atomic E-state index is 9.18. The maximum absolute atomic E-state index is 9.18. The molecule has 5 nitrogen and oxygen atoms in total. The van der Waals surface area contributed by atoms with Gasteiger partial charge < -0.3 is 20.9 Å². The third-order valence-electron chi connectivity index (χ3n) is 2.41. The van der Waals surface area contributed by atoms with E-state index in [1.807, 2.05) is 27.7 Å². The molecule has 18 heavy (non-hydrogen) atoms. The van der Waals surface area contributed by atoms with Crippen LogP contribution in [0.1, 0.15) is 27.7 Å². The molecule has 5 heteroatoms. The van der Waals surface area contributed by atoms with Gasteiger partial charge in [0, 0.05) is 18.6 Å². The highest BCUT2D eigenvalue weighted by Crippen LogP contribution is 2.23. The Balaban J connectivity index is 2.73. The van der Waals surface area contributed by atoms with Crippen molar-refractivity contribution in [3.63, 3.8) is 0 Å². The second-order valence-electron chi connectivity index (χ2n) is 5.43. The van der Waals surface area contributed by atoms with Gasteiger partial charge in [-0.3, -0.25) is 0 Å². The summed E-state index contributed by atoms with van der Waals surface area (Å²) in [6.45, 7) is 8.55. The Morgan fingerprint density at radius 3 is 2.67 bits per heavy atom. The van der Waals surface area contributed by atoms with E-state index in [4.69, 9.17) is 10.5 Å². The second-order valence-corrected chi connectivity index (χ2v) is 5.43. The van der Waals surface area contributed by atoms with Crippen LogP contribution in [0.5, 0.6) is 5.88 Å². The van der Waals surface area contributed by atoms with Crippen LogP contribution in [-0.2, 0) is 0 Å². The summed E-state index contributed by atoms with van der Waals surface area (Å²) < 4.78 is 5.52. The van der Waals surface area contributed by atoms with Crippen molar-refractivity contribution >= 4 is 11.5 Å². The molecule has 1 heterocycles. The van der Waals surface area contributed by atoms with E-state index >= 15 is 0 Å². The van der Waals surface area contributed by atoms with Crippen LogP contribution in [0.2, 0.25) is 0 Å². The molecule has 1 rings (SSSR count). The molecule has 0 atom stereocenters. The average molecular weight is 253 g/mol. The van der Waals surface area contributed by atoms with Gasteiger partial charge in [0.05, 0.1) is 11.8 Å². The lowest BCUT2D eigenvalue weighted by Gasteiger charge is -2.22. The van der Waals surface area contributed by atoms with Crippen molar-refractivity contribution in [1.29, 1.82) is 0 Å². The van der Waals surface area contributed by atoms with E-state index in [0.29, 0.717) is 23.9 Å². The first-order chi connectivity index (χ1) is 8.34. The Hall–Kier alpha value is -1.49. The lowest BCUT2D eigenvalue weighted by Crippen LogP contribution is -2.27. The van der Waals surface area contributed by atoms with E-state index in [0.717, 1.165) is 0 Å². The van der Waals surface area contributed by atoms with Gasteiger partial charge in [0.15, 0.2) is 0 Å². The highest BCUT2D eigenvalue weighted by molar-refractivity contribution is 5.53. The molecule has 0 saturated heterocycles. The molecule has 102 valence electrons. The Morgan fingerprint density at radius 2 is 2.11 bits per heavy atom. The number of pyridine rings is 1. The van der Waals surface area contributed by atoms with Crippen LogP contribution < -0.4 is 15.8 Å². The van der Waals surface area contributed by atoms with Crippen LogP contribution in [0.15, 0.2) is 12.1 Å². The van der Waals surface area contributed by atoms with Crippen LogP contribution in [0.3, 0.4) is 0 Å². The Labute approximate surface area is 108 Å². The monoisotopic (exact) mass is 253 g/mol. The van der Waals surface area contributed by atoms with Crippen molar-refractivity contribution in [1.82, 2.24) is 4.98 Å². The van der Waals surface area contributed by atoms with Crippen molar-refractivity contribution in [2.75, 3.05) is 24.2 Å². The maximum Gasteiger partial charge on any atom is 0.239 e. The summed E-state index contributed by atoms with van der Waals surface area (Å²) in [5.41, 5.74) is 6.12. The highest BCUT2D eigenvalue weighted by atomic mass is 16.5. The molecule has 0 fully saturated rings. The average Bonchev–Trinajstić information content (AvgIpc) is 2.30. The third-order valence-corrected chi connectivity index (χ3v) is 2.41. The van der Waals surface area contributed by atoms with E-state index in [1.54, 1.807) is 12.1 Å². The fourth-order valence-electron chi connectivity index (χ4n) is 1.25. The summed E-state index contributed by atoms with van der Waals surface area (Å²) in [6.07, 6.45) is 0.0314. The zero-order valence-electron chi connectivity index (χ0n) is 11.5. The van der Waals surface area contributed by atoms with Gasteiger partial charge >= 0.3 is 0 Å². The molecular weight excluding hydrogens is 230 g/mol. The molecule has 0 radical (unpaired) electrons. The number of hydrogen-bond donors (Lipinski definition) is 3. The minimum absolute atomic E-state index is 0.0314. The molecule has 0 unspecified atom stereocenters. The summed E-state index contributed by atoms with van der Waals surface area (Å²) in [5, 5.41) is 12.4. The van der Waals surface area contributed by atoms with Gasteiger partial charge in [0.25, 0.3) is 0 Å². The largest absolute Gasteiger partial charge is 0.473 e. The van der Waals surface area contributed by atoms with E-state index in [1.165, 1.54) is 0 Å². The van der Waals surface area contributed by atoms with Crippen molar-refractivity contribution < 1.29 is 9.84 Å². The first-order valence-corrected chi connectivity index (χ1v) is 6.12. The number of nitrogens with one attached hydrogen (secondary N) is 1. The molecule has 0 aliphatic heterocycles. The van der Waals surface area contributed by atoms with Gasteiger partial charge in [-0.15, -0.1) is 0 Å². The predicted octanol–water partition coefficient (Wildman–Crippen LogP) is 1.88. The molecule has 0 bridgehead atoms. The van der Waals surface area contributed by atoms with Crippen molar-refractivity contribution in [2.24, 2.45) is 5.41 Å². The number of aromatic nitrogens is 1. The fourth-order valence-corrected chi connectivity index (χ4v) is 1.25. The molecule has 0 saturated carbocycles. The predicted molar refractivity (Wildman–Crippen MR) is 73.8 cm³/mol. The fraction of sp³-hybridized carbons (Fsp3) is 0.615. The molecule has 0 aliphatic rings. The molecule has 4 N–H and O–H groups in total. The molecular formula is C13H23N3O2. The zero-order valence-corrected chi connectivity index (χ0v) is 11.5. The summed E-state index contributed by atoms with van der Waals surface area (Å²) in [4.78, 5) is 4.31. The van der Waals surface area contributed by atoms with Crippen LogP contribution in [-0.4, -0.2) is 29.3 Å². The number of nitrogens with two attached hydrogens (primary N) is 1. The Morgan fingerprint density at radius 1 is 1.44 bits per heavy atom. The van der Waals surface area contributed by atoms with E-state index in [9.17, 15) is 5.11 Å². The smallest absolute Gasteiger partial charge is 0.239 e. The van der Waals surface area contributed by atoms with Gasteiger partial charge in [-0.05, 0) is 26.0 Å². The lowest BCUT2D eigenvalue weighted by atomic mass is 9.95. The second kappa shape index (κ2) is 5.91. The van der Waals surface area contributed by atoms with E-state index < -0.39 is 0 Å². The van der Waals surface area contributed by atoms with Crippen LogP contribution in [0, 0.1) is 5.41 Å². The number of aliphatic hydroxyl groups is 1. The van der Waals surface area contributed by atoms with Crippen molar-refractivity contribution in [3.8, 4) is 5.88 Å².